The van der Waals surface area contributed by atoms with E-state index < -0.39 is 17.1 Å². The van der Waals surface area contributed by atoms with Gasteiger partial charge in [-0.3, -0.25) is 9.59 Å². The maximum absolute atomic E-state index is 12.4. The normalized spacial score (nSPS) is 56.0. The zero-order chi connectivity index (χ0) is 16.6. The molecule has 0 amide bonds. The lowest BCUT2D eigenvalue weighted by Gasteiger charge is -2.64. The van der Waals surface area contributed by atoms with Gasteiger partial charge in [0, 0.05) is 29.6 Å². The second-order valence-corrected chi connectivity index (χ2v) is 9.03. The number of carbonyl (C=O) groups is 2. The number of carbonyl (C=O) groups excluding carboxylic acids is 2. The highest BCUT2D eigenvalue weighted by molar-refractivity contribution is 5.87. The van der Waals surface area contributed by atoms with Gasteiger partial charge in [-0.25, -0.2) is 0 Å². The number of hydrogen-bond acceptors (Lipinski definition) is 4. The summed E-state index contributed by atoms with van der Waals surface area (Å²) in [4.78, 5) is 24.4. The van der Waals surface area contributed by atoms with Gasteiger partial charge in [-0.1, -0.05) is 13.8 Å². The second-order valence-electron chi connectivity index (χ2n) is 9.03. The summed E-state index contributed by atoms with van der Waals surface area (Å²) in [6, 6.07) is 0. The van der Waals surface area contributed by atoms with Crippen molar-refractivity contribution in [1.29, 1.82) is 0 Å². The Labute approximate surface area is 137 Å². The lowest BCUT2D eigenvalue weighted by molar-refractivity contribution is -0.241. The largest absolute Gasteiger partial charge is 0.389 e. The summed E-state index contributed by atoms with van der Waals surface area (Å²) in [6.07, 6.45) is 4.64. The first-order chi connectivity index (χ1) is 10.7. The van der Waals surface area contributed by atoms with Gasteiger partial charge in [-0.15, -0.1) is 0 Å². The highest BCUT2D eigenvalue weighted by atomic mass is 16.3. The van der Waals surface area contributed by atoms with Crippen LogP contribution in [0.1, 0.15) is 65.2 Å². The fraction of sp³-hybridized carbons (Fsp3) is 0.895. The molecule has 0 aromatic rings. The summed E-state index contributed by atoms with van der Waals surface area (Å²) in [5.41, 5.74) is -1.51. The topological polar surface area (TPSA) is 74.6 Å². The van der Waals surface area contributed by atoms with Crippen LogP contribution in [0.2, 0.25) is 0 Å². The van der Waals surface area contributed by atoms with Gasteiger partial charge in [0.1, 0.15) is 11.9 Å². The molecule has 0 spiro atoms. The third-order valence-corrected chi connectivity index (χ3v) is 8.46. The fourth-order valence-corrected chi connectivity index (χ4v) is 6.85. The predicted molar refractivity (Wildman–Crippen MR) is 84.6 cm³/mol. The van der Waals surface area contributed by atoms with Crippen LogP contribution in [0.15, 0.2) is 0 Å². The first-order valence-electron chi connectivity index (χ1n) is 9.20. The number of aliphatic hydroxyl groups is 2. The van der Waals surface area contributed by atoms with Crippen LogP contribution in [0.3, 0.4) is 0 Å². The molecule has 7 unspecified atom stereocenters. The van der Waals surface area contributed by atoms with Gasteiger partial charge in [0.05, 0.1) is 5.60 Å². The maximum Gasteiger partial charge on any atom is 0.161 e. The molecule has 0 radical (unpaired) electrons. The van der Waals surface area contributed by atoms with E-state index in [-0.39, 0.29) is 29.0 Å². The van der Waals surface area contributed by atoms with Crippen molar-refractivity contribution in [2.45, 2.75) is 76.9 Å². The zero-order valence-electron chi connectivity index (χ0n) is 14.2. The van der Waals surface area contributed by atoms with Crippen LogP contribution in [0.25, 0.3) is 0 Å². The maximum atomic E-state index is 12.4. The van der Waals surface area contributed by atoms with E-state index in [1.165, 1.54) is 0 Å². The van der Waals surface area contributed by atoms with Gasteiger partial charge >= 0.3 is 0 Å². The van der Waals surface area contributed by atoms with E-state index in [4.69, 9.17) is 0 Å². The molecule has 7 atom stereocenters. The van der Waals surface area contributed by atoms with Gasteiger partial charge in [-0.05, 0) is 50.4 Å². The molecule has 0 saturated heterocycles. The molecular formula is C19H28O4. The molecule has 0 aromatic carbocycles. The Morgan fingerprint density at radius 1 is 0.913 bits per heavy atom. The Morgan fingerprint density at radius 3 is 2.35 bits per heavy atom. The van der Waals surface area contributed by atoms with Crippen molar-refractivity contribution in [3.63, 3.8) is 0 Å². The van der Waals surface area contributed by atoms with E-state index in [2.05, 4.69) is 13.8 Å². The molecule has 128 valence electrons. The Balaban J connectivity index is 1.74. The number of ketones is 2. The standard InChI is InChI=1S/C19H28O4/c1-17-9-10-19(23)12(11(17)5-6-15(17)21)3-4-13-16(22)14(20)7-8-18(13,19)2/h11-13,16,22-23H,3-10H2,1-2H3. The van der Waals surface area contributed by atoms with Crippen LogP contribution in [0.4, 0.5) is 0 Å². The fourth-order valence-electron chi connectivity index (χ4n) is 6.85. The molecule has 0 aromatic heterocycles. The van der Waals surface area contributed by atoms with Crippen molar-refractivity contribution >= 4 is 11.6 Å². The van der Waals surface area contributed by atoms with Crippen molar-refractivity contribution < 1.29 is 19.8 Å². The van der Waals surface area contributed by atoms with Crippen molar-refractivity contribution in [2.24, 2.45) is 28.6 Å². The number of fused-ring (bicyclic) bond motifs is 5. The van der Waals surface area contributed by atoms with Crippen molar-refractivity contribution in [3.05, 3.63) is 0 Å². The van der Waals surface area contributed by atoms with Crippen molar-refractivity contribution in [2.75, 3.05) is 0 Å². The summed E-state index contributed by atoms with van der Waals surface area (Å²) >= 11 is 0. The van der Waals surface area contributed by atoms with E-state index in [0.717, 1.165) is 25.7 Å². The molecule has 4 aliphatic carbocycles. The number of Topliss-reactive ketones (excluding diaryl/α,β-unsaturated/α-hetero) is 2. The molecule has 4 saturated carbocycles. The van der Waals surface area contributed by atoms with Gasteiger partial charge in [0.15, 0.2) is 5.78 Å². The first-order valence-corrected chi connectivity index (χ1v) is 9.20. The smallest absolute Gasteiger partial charge is 0.161 e. The van der Waals surface area contributed by atoms with E-state index >= 15 is 0 Å². The minimum atomic E-state index is -0.919. The monoisotopic (exact) mass is 320 g/mol. The summed E-state index contributed by atoms with van der Waals surface area (Å²) in [6.45, 7) is 4.18. The summed E-state index contributed by atoms with van der Waals surface area (Å²) in [5, 5.41) is 22.2. The molecular weight excluding hydrogens is 292 g/mol. The van der Waals surface area contributed by atoms with Gasteiger partial charge in [-0.2, -0.15) is 0 Å². The molecule has 4 aliphatic rings. The van der Waals surface area contributed by atoms with Gasteiger partial charge in [0.25, 0.3) is 0 Å². The molecule has 2 N–H and O–H groups in total. The SMILES string of the molecule is CC12CCC3(O)C(CCC4C(O)C(=O)CCC43C)C1CCC2=O. The Kier molecular flexibility index (Phi) is 3.20. The summed E-state index contributed by atoms with van der Waals surface area (Å²) in [7, 11) is 0. The van der Waals surface area contributed by atoms with Gasteiger partial charge < -0.3 is 10.2 Å². The minimum absolute atomic E-state index is 0.0637. The second kappa shape index (κ2) is 4.66. The lowest BCUT2D eigenvalue weighted by Crippen LogP contribution is -2.67. The van der Waals surface area contributed by atoms with Crippen LogP contribution in [-0.2, 0) is 9.59 Å². The lowest BCUT2D eigenvalue weighted by atomic mass is 9.42. The molecule has 4 rings (SSSR count). The van der Waals surface area contributed by atoms with E-state index in [1.807, 2.05) is 0 Å². The highest BCUT2D eigenvalue weighted by Gasteiger charge is 2.68. The Hall–Kier alpha value is -0.740. The third-order valence-electron chi connectivity index (χ3n) is 8.46. The Bertz CT molecular complexity index is 572. The van der Waals surface area contributed by atoms with E-state index in [9.17, 15) is 19.8 Å². The molecule has 0 heterocycles. The van der Waals surface area contributed by atoms with E-state index in [0.29, 0.717) is 31.5 Å². The van der Waals surface area contributed by atoms with E-state index in [1.54, 1.807) is 0 Å². The van der Waals surface area contributed by atoms with Crippen LogP contribution in [0, 0.1) is 28.6 Å². The van der Waals surface area contributed by atoms with Crippen LogP contribution < -0.4 is 0 Å². The van der Waals surface area contributed by atoms with Crippen LogP contribution >= 0.6 is 0 Å². The quantitative estimate of drug-likeness (QED) is 0.718. The van der Waals surface area contributed by atoms with Crippen LogP contribution in [0.5, 0.6) is 0 Å². The highest BCUT2D eigenvalue weighted by Crippen LogP contribution is 2.66. The number of hydrogen-bond donors (Lipinski definition) is 2. The molecule has 4 heteroatoms. The Morgan fingerprint density at radius 2 is 1.61 bits per heavy atom. The predicted octanol–water partition coefficient (Wildman–Crippen LogP) is 2.25. The molecule has 4 nitrogen and oxygen atoms in total. The number of rotatable bonds is 0. The minimum Gasteiger partial charge on any atom is -0.389 e. The molecule has 0 bridgehead atoms. The number of aliphatic hydroxyl groups excluding tert-OH is 1. The summed E-state index contributed by atoms with van der Waals surface area (Å²) < 4.78 is 0. The van der Waals surface area contributed by atoms with Gasteiger partial charge in [0.2, 0.25) is 0 Å². The van der Waals surface area contributed by atoms with Crippen molar-refractivity contribution in [1.82, 2.24) is 0 Å². The molecule has 0 aliphatic heterocycles. The average molecular weight is 320 g/mol. The average Bonchev–Trinajstić information content (AvgIpc) is 2.81. The first kappa shape index (κ1) is 15.8. The third kappa shape index (κ3) is 1.74. The molecule has 4 fully saturated rings. The van der Waals surface area contributed by atoms with Crippen molar-refractivity contribution in [3.8, 4) is 0 Å². The molecule has 23 heavy (non-hydrogen) atoms. The summed E-state index contributed by atoms with van der Waals surface area (Å²) in [5.74, 6) is 0.573. The van der Waals surface area contributed by atoms with Crippen LogP contribution in [-0.4, -0.2) is 33.5 Å². The zero-order valence-corrected chi connectivity index (χ0v) is 14.2.